The summed E-state index contributed by atoms with van der Waals surface area (Å²) < 4.78 is 65.6. The topological polar surface area (TPSA) is 63.0 Å². The van der Waals surface area contributed by atoms with Gasteiger partial charge in [-0.05, 0) is 30.9 Å². The van der Waals surface area contributed by atoms with E-state index in [-0.39, 0.29) is 11.7 Å². The summed E-state index contributed by atoms with van der Waals surface area (Å²) in [6.07, 6.45) is -2.28. The van der Waals surface area contributed by atoms with Crippen LogP contribution in [0.1, 0.15) is 18.5 Å². The average Bonchev–Trinajstić information content (AvgIpc) is 3.15. The van der Waals surface area contributed by atoms with Gasteiger partial charge in [0, 0.05) is 26.7 Å². The Labute approximate surface area is 180 Å². The second-order valence-electron chi connectivity index (χ2n) is 7.87. The lowest BCUT2D eigenvalue weighted by molar-refractivity contribution is -0.141. The molecule has 3 aromatic rings. The number of hydrogen-bond acceptors (Lipinski definition) is 6. The quantitative estimate of drug-likeness (QED) is 0.526. The molecule has 0 bridgehead atoms. The fourth-order valence-corrected chi connectivity index (χ4v) is 3.95. The van der Waals surface area contributed by atoms with Crippen molar-refractivity contribution in [2.45, 2.75) is 32.0 Å². The summed E-state index contributed by atoms with van der Waals surface area (Å²) in [7, 11) is 1.72. The van der Waals surface area contributed by atoms with Crippen molar-refractivity contribution < 1.29 is 22.0 Å². The number of aromatic nitrogens is 5. The van der Waals surface area contributed by atoms with Crippen molar-refractivity contribution in [2.75, 3.05) is 36.5 Å². The first kappa shape index (κ1) is 22.2. The Morgan fingerprint density at radius 2 is 2.00 bits per heavy atom. The van der Waals surface area contributed by atoms with E-state index in [1.54, 1.807) is 24.2 Å². The third-order valence-corrected chi connectivity index (χ3v) is 5.43. The number of fused-ring (bicyclic) bond motifs is 1. The fourth-order valence-electron chi connectivity index (χ4n) is 3.95. The van der Waals surface area contributed by atoms with E-state index in [2.05, 4.69) is 20.1 Å². The average molecular weight is 455 g/mol. The number of pyridine rings is 1. The summed E-state index contributed by atoms with van der Waals surface area (Å²) in [5.41, 5.74) is -0.176. The second kappa shape index (κ2) is 8.83. The van der Waals surface area contributed by atoms with Crippen molar-refractivity contribution in [1.82, 2.24) is 24.7 Å². The number of nitrogens with zero attached hydrogens (tertiary/aromatic N) is 7. The van der Waals surface area contributed by atoms with E-state index in [4.69, 9.17) is 0 Å². The first-order valence-electron chi connectivity index (χ1n) is 10.2. The highest BCUT2D eigenvalue weighted by Crippen LogP contribution is 2.29. The molecule has 1 aliphatic heterocycles. The van der Waals surface area contributed by atoms with Gasteiger partial charge in [-0.1, -0.05) is 6.07 Å². The standard InChI is InChI=1S/C20H22F5N7/c1-30(17-6-2-5-15(28-17)20(23,24)25)10-13-4-3-7-31(11-13)18-9-26-14-8-27-32(12-16(21)22)19(14)29-18/h2,5-6,8-9,13,16H,3-4,7,10-12H2,1H3. The fraction of sp³-hybridized carbons (Fsp3) is 0.500. The lowest BCUT2D eigenvalue weighted by atomic mass is 9.97. The molecule has 0 aromatic carbocycles. The molecule has 1 fully saturated rings. The number of anilines is 2. The van der Waals surface area contributed by atoms with E-state index in [1.165, 1.54) is 12.3 Å². The molecule has 0 amide bonds. The maximum absolute atomic E-state index is 13.0. The number of alkyl halides is 5. The monoisotopic (exact) mass is 455 g/mol. The van der Waals surface area contributed by atoms with Gasteiger partial charge >= 0.3 is 6.18 Å². The highest BCUT2D eigenvalue weighted by atomic mass is 19.4. The van der Waals surface area contributed by atoms with Gasteiger partial charge in [-0.15, -0.1) is 0 Å². The summed E-state index contributed by atoms with van der Waals surface area (Å²) in [6, 6.07) is 3.86. The van der Waals surface area contributed by atoms with E-state index in [0.717, 1.165) is 30.1 Å². The van der Waals surface area contributed by atoms with Crippen LogP contribution in [0.25, 0.3) is 11.2 Å². The van der Waals surface area contributed by atoms with E-state index in [9.17, 15) is 22.0 Å². The van der Waals surface area contributed by atoms with E-state index in [0.29, 0.717) is 30.1 Å². The van der Waals surface area contributed by atoms with Crippen LogP contribution >= 0.6 is 0 Å². The lowest BCUT2D eigenvalue weighted by Gasteiger charge is -2.35. The van der Waals surface area contributed by atoms with Gasteiger partial charge in [0.15, 0.2) is 5.65 Å². The first-order chi connectivity index (χ1) is 15.2. The molecular formula is C20H22F5N7. The minimum Gasteiger partial charge on any atom is -0.359 e. The van der Waals surface area contributed by atoms with Gasteiger partial charge in [0.25, 0.3) is 6.43 Å². The zero-order valence-electron chi connectivity index (χ0n) is 17.3. The third-order valence-electron chi connectivity index (χ3n) is 5.43. The summed E-state index contributed by atoms with van der Waals surface area (Å²) >= 11 is 0. The van der Waals surface area contributed by atoms with Gasteiger partial charge in [0.2, 0.25) is 0 Å². The van der Waals surface area contributed by atoms with Crippen molar-refractivity contribution in [3.8, 4) is 0 Å². The predicted molar refractivity (Wildman–Crippen MR) is 109 cm³/mol. The Morgan fingerprint density at radius 3 is 2.75 bits per heavy atom. The summed E-state index contributed by atoms with van der Waals surface area (Å²) in [4.78, 5) is 16.3. The van der Waals surface area contributed by atoms with Gasteiger partial charge in [0.05, 0.1) is 12.4 Å². The predicted octanol–water partition coefficient (Wildman–Crippen LogP) is 3.86. The molecule has 0 radical (unpaired) electrons. The summed E-state index contributed by atoms with van der Waals surface area (Å²) in [6.45, 7) is 1.31. The minimum absolute atomic E-state index is 0.161. The Balaban J connectivity index is 1.47. The van der Waals surface area contributed by atoms with Crippen LogP contribution in [-0.2, 0) is 12.7 Å². The van der Waals surface area contributed by atoms with Crippen molar-refractivity contribution in [3.05, 3.63) is 36.3 Å². The zero-order valence-corrected chi connectivity index (χ0v) is 17.3. The summed E-state index contributed by atoms with van der Waals surface area (Å²) in [5, 5.41) is 3.93. The molecule has 32 heavy (non-hydrogen) atoms. The molecule has 1 aliphatic rings. The first-order valence-corrected chi connectivity index (χ1v) is 10.2. The van der Waals surface area contributed by atoms with Crippen LogP contribution in [-0.4, -0.2) is 57.8 Å². The Bertz CT molecular complexity index is 1070. The molecule has 0 saturated carbocycles. The Morgan fingerprint density at radius 1 is 1.19 bits per heavy atom. The number of halogens is 5. The van der Waals surface area contributed by atoms with Crippen LogP contribution in [0, 0.1) is 5.92 Å². The Kier molecular flexibility index (Phi) is 6.11. The smallest absolute Gasteiger partial charge is 0.359 e. The number of rotatable bonds is 6. The molecule has 1 saturated heterocycles. The molecule has 0 N–H and O–H groups in total. The van der Waals surface area contributed by atoms with Crippen molar-refractivity contribution in [2.24, 2.45) is 5.92 Å². The van der Waals surface area contributed by atoms with Crippen molar-refractivity contribution in [1.29, 1.82) is 0 Å². The van der Waals surface area contributed by atoms with E-state index >= 15 is 0 Å². The normalized spacial score (nSPS) is 17.3. The lowest BCUT2D eigenvalue weighted by Crippen LogP contribution is -2.41. The molecule has 12 heteroatoms. The van der Waals surface area contributed by atoms with E-state index in [1.807, 2.05) is 4.90 Å². The van der Waals surface area contributed by atoms with Crippen molar-refractivity contribution >= 4 is 22.8 Å². The maximum atomic E-state index is 13.0. The van der Waals surface area contributed by atoms with Gasteiger partial charge < -0.3 is 9.80 Å². The molecule has 0 spiro atoms. The molecule has 172 valence electrons. The van der Waals surface area contributed by atoms with Crippen LogP contribution in [0.5, 0.6) is 0 Å². The van der Waals surface area contributed by atoms with E-state index < -0.39 is 24.8 Å². The number of piperidine rings is 1. The molecule has 1 atom stereocenters. The SMILES string of the molecule is CN(CC1CCCN(c2cnc3cnn(CC(F)F)c3n2)C1)c1cccc(C(F)(F)F)n1. The molecular weight excluding hydrogens is 433 g/mol. The highest BCUT2D eigenvalue weighted by Gasteiger charge is 2.33. The van der Waals surface area contributed by atoms with Gasteiger partial charge in [0.1, 0.15) is 29.4 Å². The zero-order chi connectivity index (χ0) is 22.9. The Hall–Kier alpha value is -3.05. The third kappa shape index (κ3) is 4.89. The van der Waals surface area contributed by atoms with Crippen molar-refractivity contribution in [3.63, 3.8) is 0 Å². The molecule has 3 aromatic heterocycles. The highest BCUT2D eigenvalue weighted by molar-refractivity contribution is 5.71. The molecule has 4 heterocycles. The maximum Gasteiger partial charge on any atom is 0.433 e. The second-order valence-corrected chi connectivity index (χ2v) is 7.87. The van der Waals surface area contributed by atoms with Gasteiger partial charge in [-0.3, -0.25) is 0 Å². The van der Waals surface area contributed by atoms with Gasteiger partial charge in [-0.25, -0.2) is 28.4 Å². The van der Waals surface area contributed by atoms with Crippen LogP contribution in [0.4, 0.5) is 33.6 Å². The summed E-state index contributed by atoms with van der Waals surface area (Å²) in [5.74, 6) is 0.987. The minimum atomic E-state index is -4.49. The van der Waals surface area contributed by atoms with Gasteiger partial charge in [-0.2, -0.15) is 18.3 Å². The largest absolute Gasteiger partial charge is 0.433 e. The van der Waals surface area contributed by atoms with Crippen LogP contribution in [0.3, 0.4) is 0 Å². The molecule has 4 rings (SSSR count). The van der Waals surface area contributed by atoms with Crippen LogP contribution in [0.2, 0.25) is 0 Å². The number of hydrogen-bond donors (Lipinski definition) is 0. The van der Waals surface area contributed by atoms with Crippen LogP contribution < -0.4 is 9.80 Å². The molecule has 7 nitrogen and oxygen atoms in total. The van der Waals surface area contributed by atoms with Crippen LogP contribution in [0.15, 0.2) is 30.6 Å². The molecule has 1 unspecified atom stereocenters. The molecule has 0 aliphatic carbocycles.